The second-order valence-electron chi connectivity index (χ2n) is 8.48. The highest BCUT2D eigenvalue weighted by Crippen LogP contribution is 2.52. The highest BCUT2D eigenvalue weighted by molar-refractivity contribution is 8.03. The number of carboxylic acids is 1. The number of rotatable bonds is 8. The van der Waals surface area contributed by atoms with Crippen molar-refractivity contribution in [1.82, 2.24) is 15.7 Å². The molecular weight excluding hydrogens is 418 g/mol. The van der Waals surface area contributed by atoms with Crippen LogP contribution in [-0.4, -0.2) is 58.0 Å². The van der Waals surface area contributed by atoms with Crippen molar-refractivity contribution in [3.8, 4) is 0 Å². The maximum Gasteiger partial charge on any atom is 0.353 e. The van der Waals surface area contributed by atoms with Gasteiger partial charge in [0.15, 0.2) is 0 Å². The monoisotopic (exact) mass is 447 g/mol. The van der Waals surface area contributed by atoms with Gasteiger partial charge in [-0.1, -0.05) is 31.2 Å². The molecule has 3 aliphatic heterocycles. The number of aliphatic carboxylic acids is 1. The number of hydrogen-bond donors (Lipinski definition) is 4. The number of carboxylic acid groups (broad SMARTS) is 1. The molecule has 1 aromatic carbocycles. The molecule has 6 atom stereocenters. The van der Waals surface area contributed by atoms with Crippen LogP contribution in [0.5, 0.6) is 0 Å². The van der Waals surface area contributed by atoms with Gasteiger partial charge in [0.05, 0.1) is 25.2 Å². The SMILES string of the molecule is CONCc1ccc([C@H]2C[C@H](SC3=C(C(=O)O)N4C(=O)[C@H]([C@@H](C)O)[C@H]4[C@H]3C)CN2)cc1. The van der Waals surface area contributed by atoms with E-state index in [4.69, 9.17) is 4.84 Å². The third kappa shape index (κ3) is 4.01. The van der Waals surface area contributed by atoms with Gasteiger partial charge in [0.25, 0.3) is 0 Å². The summed E-state index contributed by atoms with van der Waals surface area (Å²) in [6, 6.07) is 8.29. The summed E-state index contributed by atoms with van der Waals surface area (Å²) in [6.07, 6.45) is 0.0946. The van der Waals surface area contributed by atoms with E-state index in [-0.39, 0.29) is 34.9 Å². The standard InChI is InChI=1S/C22H29N3O5S/c1-11-18-17(12(2)26)21(27)25(18)19(22(28)29)20(11)31-15-8-16(23-10-15)14-6-4-13(5-7-14)9-24-30-3/h4-7,11-12,15-18,23-24,26H,8-10H2,1-3H3,(H,28,29)/t11-,12-,15+,16-,17-,18-/m1/s1. The Labute approximate surface area is 186 Å². The fourth-order valence-electron chi connectivity index (χ4n) is 4.93. The molecule has 1 amide bonds. The Morgan fingerprint density at radius 1 is 1.39 bits per heavy atom. The molecule has 0 aromatic heterocycles. The van der Waals surface area contributed by atoms with Crippen LogP contribution in [0, 0.1) is 11.8 Å². The summed E-state index contributed by atoms with van der Waals surface area (Å²) in [6.45, 7) is 4.97. The van der Waals surface area contributed by atoms with Crippen LogP contribution in [0.1, 0.15) is 37.4 Å². The summed E-state index contributed by atoms with van der Waals surface area (Å²) in [7, 11) is 1.59. The number of benzene rings is 1. The maximum atomic E-state index is 12.5. The number of hydroxylamine groups is 1. The largest absolute Gasteiger partial charge is 0.477 e. The fourth-order valence-corrected chi connectivity index (χ4v) is 6.41. The van der Waals surface area contributed by atoms with Crippen molar-refractivity contribution < 1.29 is 24.6 Å². The molecule has 4 rings (SSSR count). The molecule has 1 aromatic rings. The molecule has 9 heteroatoms. The molecule has 0 spiro atoms. The number of amides is 1. The van der Waals surface area contributed by atoms with Gasteiger partial charge in [0, 0.05) is 35.2 Å². The summed E-state index contributed by atoms with van der Waals surface area (Å²) in [5, 5.41) is 23.5. The number of carbonyl (C=O) groups is 2. The van der Waals surface area contributed by atoms with Crippen LogP contribution in [-0.2, 0) is 21.0 Å². The first-order valence-electron chi connectivity index (χ1n) is 10.6. The lowest BCUT2D eigenvalue weighted by Crippen LogP contribution is -2.63. The van der Waals surface area contributed by atoms with E-state index < -0.39 is 18.0 Å². The van der Waals surface area contributed by atoms with E-state index in [2.05, 4.69) is 35.1 Å². The molecule has 0 bridgehead atoms. The van der Waals surface area contributed by atoms with E-state index >= 15 is 0 Å². The molecular formula is C22H29N3O5S. The Balaban J connectivity index is 1.45. The Bertz CT molecular complexity index is 888. The van der Waals surface area contributed by atoms with E-state index in [1.165, 1.54) is 10.5 Å². The minimum Gasteiger partial charge on any atom is -0.477 e. The summed E-state index contributed by atoms with van der Waals surface area (Å²) in [4.78, 5) is 31.5. The zero-order valence-electron chi connectivity index (χ0n) is 17.9. The number of aliphatic hydroxyl groups is 1. The summed E-state index contributed by atoms with van der Waals surface area (Å²) < 4.78 is 0. The average Bonchev–Trinajstić information content (AvgIpc) is 3.29. The maximum absolute atomic E-state index is 12.5. The van der Waals surface area contributed by atoms with Crippen molar-refractivity contribution in [2.45, 2.75) is 50.3 Å². The van der Waals surface area contributed by atoms with Crippen LogP contribution in [0.15, 0.2) is 34.9 Å². The Morgan fingerprint density at radius 3 is 2.71 bits per heavy atom. The van der Waals surface area contributed by atoms with Gasteiger partial charge in [-0.3, -0.25) is 4.79 Å². The number of carbonyl (C=O) groups excluding carboxylic acids is 1. The third-order valence-corrected chi connectivity index (χ3v) is 8.01. The van der Waals surface area contributed by atoms with Gasteiger partial charge >= 0.3 is 5.97 Å². The van der Waals surface area contributed by atoms with E-state index in [1.54, 1.807) is 25.8 Å². The molecule has 4 N–H and O–H groups in total. The quantitative estimate of drug-likeness (QED) is 0.352. The van der Waals surface area contributed by atoms with Gasteiger partial charge in [0.1, 0.15) is 5.70 Å². The van der Waals surface area contributed by atoms with E-state index in [1.807, 2.05) is 6.92 Å². The van der Waals surface area contributed by atoms with Gasteiger partial charge in [-0.05, 0) is 24.5 Å². The van der Waals surface area contributed by atoms with Crippen LogP contribution < -0.4 is 10.8 Å². The van der Waals surface area contributed by atoms with Gasteiger partial charge in [0.2, 0.25) is 5.91 Å². The number of hydrogen-bond acceptors (Lipinski definition) is 7. The lowest BCUT2D eigenvalue weighted by molar-refractivity contribution is -0.163. The summed E-state index contributed by atoms with van der Waals surface area (Å²) in [5.74, 6) is -1.98. The number of nitrogens with one attached hydrogen (secondary N) is 2. The number of fused-ring (bicyclic) bond motifs is 1. The molecule has 0 radical (unpaired) electrons. The Hall–Kier alpha value is -1.91. The van der Waals surface area contributed by atoms with Crippen molar-refractivity contribution in [1.29, 1.82) is 0 Å². The van der Waals surface area contributed by atoms with Gasteiger partial charge in [-0.25, -0.2) is 4.79 Å². The van der Waals surface area contributed by atoms with Crippen molar-refractivity contribution in [2.75, 3.05) is 13.7 Å². The fraction of sp³-hybridized carbons (Fsp3) is 0.545. The first-order chi connectivity index (χ1) is 14.8. The smallest absolute Gasteiger partial charge is 0.353 e. The molecule has 8 nitrogen and oxygen atoms in total. The molecule has 3 heterocycles. The van der Waals surface area contributed by atoms with Crippen LogP contribution >= 0.6 is 11.8 Å². The number of aliphatic hydroxyl groups excluding tert-OH is 1. The normalized spacial score (nSPS) is 31.0. The van der Waals surface area contributed by atoms with Gasteiger partial charge < -0.3 is 25.3 Å². The van der Waals surface area contributed by atoms with Gasteiger partial charge in [-0.15, -0.1) is 11.8 Å². The number of nitrogens with zero attached hydrogens (tertiary/aromatic N) is 1. The van der Waals surface area contributed by atoms with E-state index in [0.29, 0.717) is 6.54 Å². The second kappa shape index (κ2) is 8.91. The first kappa shape index (κ1) is 22.3. The lowest BCUT2D eigenvalue weighted by atomic mass is 9.79. The highest BCUT2D eigenvalue weighted by atomic mass is 32.2. The van der Waals surface area contributed by atoms with Crippen molar-refractivity contribution in [2.24, 2.45) is 11.8 Å². The summed E-state index contributed by atoms with van der Waals surface area (Å²) >= 11 is 1.57. The van der Waals surface area contributed by atoms with Crippen LogP contribution in [0.2, 0.25) is 0 Å². The minimum atomic E-state index is -1.07. The van der Waals surface area contributed by atoms with E-state index in [0.717, 1.165) is 23.4 Å². The third-order valence-electron chi connectivity index (χ3n) is 6.50. The van der Waals surface area contributed by atoms with Crippen LogP contribution in [0.3, 0.4) is 0 Å². The Morgan fingerprint density at radius 2 is 2.10 bits per heavy atom. The highest BCUT2D eigenvalue weighted by Gasteiger charge is 2.60. The van der Waals surface area contributed by atoms with Gasteiger partial charge in [-0.2, -0.15) is 5.48 Å². The van der Waals surface area contributed by atoms with Crippen molar-refractivity contribution in [3.63, 3.8) is 0 Å². The minimum absolute atomic E-state index is 0.0972. The number of β-lactam (4-membered cyclic amide) rings is 1. The van der Waals surface area contributed by atoms with Crippen LogP contribution in [0.25, 0.3) is 0 Å². The topological polar surface area (TPSA) is 111 Å². The second-order valence-corrected chi connectivity index (χ2v) is 9.82. The molecule has 0 aliphatic carbocycles. The molecule has 2 saturated heterocycles. The summed E-state index contributed by atoms with van der Waals surface area (Å²) in [5.41, 5.74) is 5.26. The molecule has 0 unspecified atom stereocenters. The van der Waals surface area contributed by atoms with Crippen LogP contribution in [0.4, 0.5) is 0 Å². The molecule has 2 fully saturated rings. The van der Waals surface area contributed by atoms with Crippen molar-refractivity contribution >= 4 is 23.6 Å². The van der Waals surface area contributed by atoms with E-state index in [9.17, 15) is 19.8 Å². The Kier molecular flexibility index (Phi) is 6.41. The zero-order valence-corrected chi connectivity index (χ0v) is 18.7. The first-order valence-corrected chi connectivity index (χ1v) is 11.4. The molecule has 0 saturated carbocycles. The predicted molar refractivity (Wildman–Crippen MR) is 117 cm³/mol. The predicted octanol–water partition coefficient (Wildman–Crippen LogP) is 1.63. The van der Waals surface area contributed by atoms with Crippen molar-refractivity contribution in [3.05, 3.63) is 46.0 Å². The molecule has 3 aliphatic rings. The average molecular weight is 448 g/mol. The lowest BCUT2D eigenvalue weighted by Gasteiger charge is -2.46. The molecule has 31 heavy (non-hydrogen) atoms. The number of thioether (sulfide) groups is 1. The zero-order chi connectivity index (χ0) is 22.3. The molecule has 168 valence electrons.